The second-order valence-electron chi connectivity index (χ2n) is 5.32. The summed E-state index contributed by atoms with van der Waals surface area (Å²) in [5.74, 6) is 0.353. The number of hydrogen-bond acceptors (Lipinski definition) is 2. The topological polar surface area (TPSA) is 29.3 Å². The van der Waals surface area contributed by atoms with Crippen molar-refractivity contribution in [3.05, 3.63) is 33.0 Å². The smallest absolute Gasteiger partial charge is 0.142 e. The number of nitrogens with two attached hydrogens (primary N) is 1. The van der Waals surface area contributed by atoms with Gasteiger partial charge in [-0.15, -0.1) is 0 Å². The summed E-state index contributed by atoms with van der Waals surface area (Å²) in [5.41, 5.74) is 8.76. The first-order valence-corrected chi connectivity index (χ1v) is 7.10. The Morgan fingerprint density at radius 2 is 2.17 bits per heavy atom. The van der Waals surface area contributed by atoms with Gasteiger partial charge in [-0.2, -0.15) is 0 Å². The number of rotatable bonds is 2. The lowest BCUT2D eigenvalue weighted by molar-refractivity contribution is 0.305. The molecule has 1 aromatic rings. The van der Waals surface area contributed by atoms with Crippen molar-refractivity contribution in [3.63, 3.8) is 0 Å². The Labute approximate surface area is 116 Å². The minimum absolute atomic E-state index is 0.118. The van der Waals surface area contributed by atoms with Gasteiger partial charge in [0, 0.05) is 18.2 Å². The minimum atomic E-state index is -0.118. The number of halogens is 2. The predicted octanol–water partition coefficient (Wildman–Crippen LogP) is 3.16. The van der Waals surface area contributed by atoms with E-state index in [2.05, 4.69) is 27.9 Å². The van der Waals surface area contributed by atoms with Gasteiger partial charge in [0.25, 0.3) is 0 Å². The van der Waals surface area contributed by atoms with Crippen LogP contribution in [0.25, 0.3) is 0 Å². The average Bonchev–Trinajstić information content (AvgIpc) is 2.69. The second kappa shape index (κ2) is 5.27. The van der Waals surface area contributed by atoms with Gasteiger partial charge in [0.05, 0.1) is 4.47 Å². The SMILES string of the molecule is Cc1cc(Br)c(F)c(C2CC(CN)CN2C)c1C. The Kier molecular flexibility index (Phi) is 4.09. The van der Waals surface area contributed by atoms with Crippen LogP contribution in [-0.4, -0.2) is 25.0 Å². The molecule has 0 aliphatic carbocycles. The molecule has 0 aromatic heterocycles. The summed E-state index contributed by atoms with van der Waals surface area (Å²) < 4.78 is 15.0. The van der Waals surface area contributed by atoms with E-state index in [1.807, 2.05) is 19.9 Å². The lowest BCUT2D eigenvalue weighted by Crippen LogP contribution is -2.21. The molecule has 2 unspecified atom stereocenters. The fraction of sp³-hybridized carbons (Fsp3) is 0.571. The van der Waals surface area contributed by atoms with Gasteiger partial charge in [-0.1, -0.05) is 0 Å². The molecule has 100 valence electrons. The molecule has 0 saturated carbocycles. The van der Waals surface area contributed by atoms with Crippen LogP contribution in [0.4, 0.5) is 4.39 Å². The van der Waals surface area contributed by atoms with Crippen LogP contribution in [0.1, 0.15) is 29.2 Å². The van der Waals surface area contributed by atoms with Gasteiger partial charge in [0.1, 0.15) is 5.82 Å². The fourth-order valence-electron chi connectivity index (χ4n) is 2.88. The van der Waals surface area contributed by atoms with Gasteiger partial charge < -0.3 is 5.73 Å². The largest absolute Gasteiger partial charge is 0.330 e. The van der Waals surface area contributed by atoms with Crippen LogP contribution in [0.5, 0.6) is 0 Å². The van der Waals surface area contributed by atoms with E-state index in [4.69, 9.17) is 5.73 Å². The summed E-state index contributed by atoms with van der Waals surface area (Å²) >= 11 is 3.31. The van der Waals surface area contributed by atoms with E-state index >= 15 is 0 Å². The maximum atomic E-state index is 14.4. The van der Waals surface area contributed by atoms with Crippen LogP contribution in [0, 0.1) is 25.6 Å². The molecule has 2 rings (SSSR count). The number of nitrogens with zero attached hydrogens (tertiary/aromatic N) is 1. The van der Waals surface area contributed by atoms with Crippen LogP contribution < -0.4 is 5.73 Å². The van der Waals surface area contributed by atoms with Crippen molar-refractivity contribution < 1.29 is 4.39 Å². The second-order valence-corrected chi connectivity index (χ2v) is 6.18. The molecule has 1 heterocycles. The van der Waals surface area contributed by atoms with Gasteiger partial charge in [0.15, 0.2) is 0 Å². The van der Waals surface area contributed by atoms with Crippen LogP contribution in [0.2, 0.25) is 0 Å². The van der Waals surface area contributed by atoms with Crippen molar-refractivity contribution in [1.82, 2.24) is 4.90 Å². The number of benzene rings is 1. The highest BCUT2D eigenvalue weighted by Crippen LogP contribution is 2.39. The summed E-state index contributed by atoms with van der Waals surface area (Å²) in [6.45, 7) is 5.66. The monoisotopic (exact) mass is 314 g/mol. The maximum Gasteiger partial charge on any atom is 0.142 e. The van der Waals surface area contributed by atoms with E-state index in [0.717, 1.165) is 29.7 Å². The zero-order valence-electron chi connectivity index (χ0n) is 11.1. The van der Waals surface area contributed by atoms with E-state index in [1.54, 1.807) is 0 Å². The fourth-order valence-corrected chi connectivity index (χ4v) is 3.43. The zero-order valence-corrected chi connectivity index (χ0v) is 12.7. The minimum Gasteiger partial charge on any atom is -0.330 e. The van der Waals surface area contributed by atoms with E-state index in [1.165, 1.54) is 0 Å². The molecule has 1 saturated heterocycles. The van der Waals surface area contributed by atoms with Crippen LogP contribution in [0.15, 0.2) is 10.5 Å². The maximum absolute atomic E-state index is 14.4. The first-order valence-electron chi connectivity index (χ1n) is 6.31. The Morgan fingerprint density at radius 3 is 2.72 bits per heavy atom. The normalized spacial score (nSPS) is 24.8. The van der Waals surface area contributed by atoms with E-state index in [-0.39, 0.29) is 11.9 Å². The average molecular weight is 315 g/mol. The summed E-state index contributed by atoms with van der Waals surface area (Å²) in [6, 6.07) is 2.00. The molecule has 2 N–H and O–H groups in total. The zero-order chi connectivity index (χ0) is 13.4. The third-order valence-electron chi connectivity index (χ3n) is 4.09. The molecular formula is C14H20BrFN2. The van der Waals surface area contributed by atoms with Crippen LogP contribution in [-0.2, 0) is 0 Å². The molecule has 1 aromatic carbocycles. The molecule has 0 radical (unpaired) electrons. The van der Waals surface area contributed by atoms with Crippen molar-refractivity contribution >= 4 is 15.9 Å². The number of likely N-dealkylation sites (tertiary alicyclic amines) is 1. The van der Waals surface area contributed by atoms with Crippen LogP contribution in [0.3, 0.4) is 0 Å². The highest BCUT2D eigenvalue weighted by atomic mass is 79.9. The third kappa shape index (κ3) is 2.33. The molecule has 2 nitrogen and oxygen atoms in total. The molecule has 4 heteroatoms. The number of aryl methyl sites for hydroxylation is 1. The van der Waals surface area contributed by atoms with E-state index in [9.17, 15) is 4.39 Å². The summed E-state index contributed by atoms with van der Waals surface area (Å²) in [5, 5.41) is 0. The van der Waals surface area contributed by atoms with Crippen molar-refractivity contribution in [1.29, 1.82) is 0 Å². The van der Waals surface area contributed by atoms with Gasteiger partial charge in [0.2, 0.25) is 0 Å². The Bertz CT molecular complexity index is 435. The van der Waals surface area contributed by atoms with Crippen LogP contribution >= 0.6 is 15.9 Å². The van der Waals surface area contributed by atoms with Gasteiger partial charge >= 0.3 is 0 Å². The standard InChI is InChI=1S/C14H20BrFN2/c1-8-4-11(15)14(16)13(9(8)2)12-5-10(6-17)7-18(12)3/h4,10,12H,5-7,17H2,1-3H3. The summed E-state index contributed by atoms with van der Waals surface area (Å²) in [6.07, 6.45) is 0.945. The summed E-state index contributed by atoms with van der Waals surface area (Å²) in [4.78, 5) is 2.22. The van der Waals surface area contributed by atoms with Crippen molar-refractivity contribution in [2.24, 2.45) is 11.7 Å². The van der Waals surface area contributed by atoms with E-state index in [0.29, 0.717) is 16.9 Å². The molecule has 1 aliphatic rings. The molecule has 1 aliphatic heterocycles. The van der Waals surface area contributed by atoms with Crippen molar-refractivity contribution in [2.45, 2.75) is 26.3 Å². The third-order valence-corrected chi connectivity index (χ3v) is 4.66. The lowest BCUT2D eigenvalue weighted by Gasteiger charge is -2.23. The van der Waals surface area contributed by atoms with Crippen molar-refractivity contribution in [2.75, 3.05) is 20.1 Å². The quantitative estimate of drug-likeness (QED) is 0.908. The molecule has 1 fully saturated rings. The molecule has 18 heavy (non-hydrogen) atoms. The first kappa shape index (κ1) is 14.0. The first-order chi connectivity index (χ1) is 8.45. The summed E-state index contributed by atoms with van der Waals surface area (Å²) in [7, 11) is 2.05. The van der Waals surface area contributed by atoms with Crippen molar-refractivity contribution in [3.8, 4) is 0 Å². The predicted molar refractivity (Wildman–Crippen MR) is 76.1 cm³/mol. The Balaban J connectivity index is 2.45. The molecule has 0 amide bonds. The molecule has 0 bridgehead atoms. The molecular weight excluding hydrogens is 295 g/mol. The van der Waals surface area contributed by atoms with Gasteiger partial charge in [-0.3, -0.25) is 4.90 Å². The lowest BCUT2D eigenvalue weighted by atomic mass is 9.93. The highest BCUT2D eigenvalue weighted by Gasteiger charge is 2.33. The van der Waals surface area contributed by atoms with Gasteiger partial charge in [-0.05, 0) is 72.9 Å². The van der Waals surface area contributed by atoms with E-state index < -0.39 is 0 Å². The number of hydrogen-bond donors (Lipinski definition) is 1. The highest BCUT2D eigenvalue weighted by molar-refractivity contribution is 9.10. The Hall–Kier alpha value is -0.450. The molecule has 0 spiro atoms. The van der Waals surface area contributed by atoms with Gasteiger partial charge in [-0.25, -0.2) is 4.39 Å². The Morgan fingerprint density at radius 1 is 1.50 bits per heavy atom. The molecule has 2 atom stereocenters.